The Morgan fingerprint density at radius 1 is 1.17 bits per heavy atom. The lowest BCUT2D eigenvalue weighted by Gasteiger charge is -2.19. The molecule has 6 heteroatoms. The third-order valence-corrected chi connectivity index (χ3v) is 6.05. The molecule has 2 aromatic rings. The lowest BCUT2D eigenvalue weighted by atomic mass is 9.89. The predicted molar refractivity (Wildman–Crippen MR) is 122 cm³/mol. The summed E-state index contributed by atoms with van der Waals surface area (Å²) in [4.78, 5) is 17.9. The third-order valence-electron chi connectivity index (χ3n) is 6.05. The molecule has 164 valence electrons. The fraction of sp³-hybridized carbons (Fsp3) is 0.583. The molecule has 0 aliphatic heterocycles. The molecule has 3 rings (SSSR count). The molecular weight excluding hydrogens is 380 g/mol. The first-order valence-electron chi connectivity index (χ1n) is 11.1. The van der Waals surface area contributed by atoms with Gasteiger partial charge in [0.1, 0.15) is 22.8 Å². The smallest absolute Gasteiger partial charge is 0.263 e. The number of hydrogen-bond donors (Lipinski definition) is 1. The Labute approximate surface area is 178 Å². The van der Waals surface area contributed by atoms with E-state index >= 15 is 0 Å². The van der Waals surface area contributed by atoms with Crippen molar-refractivity contribution in [1.29, 1.82) is 0 Å². The van der Waals surface area contributed by atoms with Crippen molar-refractivity contribution in [2.75, 3.05) is 20.8 Å². The third kappa shape index (κ3) is 4.79. The van der Waals surface area contributed by atoms with Gasteiger partial charge in [0.25, 0.3) is 5.56 Å². The number of methoxy groups -OCH3 is 2. The van der Waals surface area contributed by atoms with Crippen molar-refractivity contribution in [3.63, 3.8) is 0 Å². The van der Waals surface area contributed by atoms with E-state index in [1.165, 1.54) is 32.1 Å². The van der Waals surface area contributed by atoms with Gasteiger partial charge < -0.3 is 19.1 Å². The molecule has 0 bridgehead atoms. The van der Waals surface area contributed by atoms with Crippen LogP contribution in [0.25, 0.3) is 10.9 Å². The lowest BCUT2D eigenvalue weighted by molar-refractivity contribution is 0.367. The maximum Gasteiger partial charge on any atom is 0.263 e. The minimum atomic E-state index is -0.230. The first kappa shape index (κ1) is 22.2. The summed E-state index contributed by atoms with van der Waals surface area (Å²) in [5.41, 5.74) is 0.610. The van der Waals surface area contributed by atoms with E-state index in [1.54, 1.807) is 37.1 Å². The first-order chi connectivity index (χ1) is 14.6. The Balaban J connectivity index is 2.08. The van der Waals surface area contributed by atoms with Crippen LogP contribution in [-0.2, 0) is 6.54 Å². The fourth-order valence-electron chi connectivity index (χ4n) is 4.32. The van der Waals surface area contributed by atoms with E-state index in [9.17, 15) is 9.90 Å². The number of rotatable bonds is 9. The van der Waals surface area contributed by atoms with Crippen molar-refractivity contribution in [2.45, 2.75) is 64.8 Å². The molecule has 30 heavy (non-hydrogen) atoms. The second-order valence-corrected chi connectivity index (χ2v) is 8.15. The van der Waals surface area contributed by atoms with Gasteiger partial charge in [-0.15, -0.1) is 0 Å². The summed E-state index contributed by atoms with van der Waals surface area (Å²) in [7, 11) is 3.13. The molecule has 0 spiro atoms. The maximum atomic E-state index is 13.3. The molecule has 1 aliphatic carbocycles. The number of fused-ring (bicyclic) bond motifs is 1. The molecular formula is C24H34N2O4. The van der Waals surface area contributed by atoms with Gasteiger partial charge in [-0.05, 0) is 31.2 Å². The number of aromatic nitrogens is 1. The zero-order valence-electron chi connectivity index (χ0n) is 18.4. The van der Waals surface area contributed by atoms with Crippen LogP contribution < -0.4 is 15.0 Å². The van der Waals surface area contributed by atoms with Crippen molar-refractivity contribution in [3.05, 3.63) is 28.0 Å². The minimum Gasteiger partial charge on any atom is -0.506 e. The van der Waals surface area contributed by atoms with Gasteiger partial charge in [-0.3, -0.25) is 9.79 Å². The zero-order valence-corrected chi connectivity index (χ0v) is 18.4. The van der Waals surface area contributed by atoms with E-state index in [1.807, 2.05) is 0 Å². The standard InChI is InChI=1S/C24H34N2O4/c1-4-5-9-12-26-22-19(13-18(29-2)14-21(22)30-3)23(27)20(24(26)28)16-25-15-17-10-7-6-8-11-17/h13-14,16-17,27H,4-12,15H2,1-3H3. The van der Waals surface area contributed by atoms with Crippen LogP contribution in [0.5, 0.6) is 17.2 Å². The van der Waals surface area contributed by atoms with Crippen LogP contribution in [0.4, 0.5) is 0 Å². The summed E-state index contributed by atoms with van der Waals surface area (Å²) < 4.78 is 12.6. The number of hydrogen-bond acceptors (Lipinski definition) is 5. The van der Waals surface area contributed by atoms with E-state index in [0.717, 1.165) is 19.3 Å². The number of ether oxygens (including phenoxy) is 2. The first-order valence-corrected chi connectivity index (χ1v) is 11.1. The average Bonchev–Trinajstić information content (AvgIpc) is 2.78. The highest BCUT2D eigenvalue weighted by molar-refractivity contribution is 5.98. The normalized spacial score (nSPS) is 15.2. The van der Waals surface area contributed by atoms with Gasteiger partial charge in [0.15, 0.2) is 0 Å². The number of aromatic hydroxyl groups is 1. The van der Waals surface area contributed by atoms with Crippen molar-refractivity contribution in [1.82, 2.24) is 4.57 Å². The molecule has 0 atom stereocenters. The Hall–Kier alpha value is -2.50. The van der Waals surface area contributed by atoms with E-state index in [0.29, 0.717) is 41.4 Å². The summed E-state index contributed by atoms with van der Waals surface area (Å²) in [6, 6.07) is 3.50. The maximum absolute atomic E-state index is 13.3. The Morgan fingerprint density at radius 2 is 1.93 bits per heavy atom. The van der Waals surface area contributed by atoms with E-state index in [-0.39, 0.29) is 16.9 Å². The van der Waals surface area contributed by atoms with Crippen LogP contribution in [0.1, 0.15) is 63.9 Å². The largest absolute Gasteiger partial charge is 0.506 e. The average molecular weight is 415 g/mol. The van der Waals surface area contributed by atoms with E-state index < -0.39 is 0 Å². The number of pyridine rings is 1. The van der Waals surface area contributed by atoms with Gasteiger partial charge >= 0.3 is 0 Å². The number of aryl methyl sites for hydroxylation is 1. The van der Waals surface area contributed by atoms with Crippen LogP contribution >= 0.6 is 0 Å². The topological polar surface area (TPSA) is 73.1 Å². The molecule has 1 fully saturated rings. The van der Waals surface area contributed by atoms with Gasteiger partial charge in [0, 0.05) is 30.8 Å². The van der Waals surface area contributed by atoms with Gasteiger partial charge in [-0.1, -0.05) is 39.0 Å². The van der Waals surface area contributed by atoms with Gasteiger partial charge in [0.05, 0.1) is 19.7 Å². The quantitative estimate of drug-likeness (QED) is 0.467. The highest BCUT2D eigenvalue weighted by atomic mass is 16.5. The number of nitrogens with zero attached hydrogens (tertiary/aromatic N) is 2. The highest BCUT2D eigenvalue weighted by Crippen LogP contribution is 2.36. The Kier molecular flexibility index (Phi) is 7.77. The number of aliphatic imine (C=N–C) groups is 1. The number of unbranched alkanes of at least 4 members (excludes halogenated alkanes) is 2. The van der Waals surface area contributed by atoms with Gasteiger partial charge in [-0.2, -0.15) is 0 Å². The minimum absolute atomic E-state index is 0.0636. The molecule has 0 radical (unpaired) electrons. The Bertz CT molecular complexity index is 943. The second-order valence-electron chi connectivity index (χ2n) is 8.15. The second kappa shape index (κ2) is 10.5. The molecule has 1 aromatic heterocycles. The zero-order chi connectivity index (χ0) is 21.5. The molecule has 1 N–H and O–H groups in total. The molecule has 0 amide bonds. The Morgan fingerprint density at radius 3 is 2.60 bits per heavy atom. The van der Waals surface area contributed by atoms with Crippen LogP contribution in [0.2, 0.25) is 0 Å². The summed E-state index contributed by atoms with van der Waals surface area (Å²) >= 11 is 0. The monoisotopic (exact) mass is 414 g/mol. The van der Waals surface area contributed by atoms with Crippen molar-refractivity contribution in [2.24, 2.45) is 10.9 Å². The summed E-state index contributed by atoms with van der Waals surface area (Å²) in [5.74, 6) is 1.59. The SMILES string of the molecule is CCCCCn1c(=O)c(C=NCC2CCCCC2)c(O)c2cc(OC)cc(OC)c21. The van der Waals surface area contributed by atoms with Crippen molar-refractivity contribution >= 4 is 17.1 Å². The van der Waals surface area contributed by atoms with Crippen molar-refractivity contribution in [3.8, 4) is 17.2 Å². The van der Waals surface area contributed by atoms with E-state index in [2.05, 4.69) is 11.9 Å². The van der Waals surface area contributed by atoms with E-state index in [4.69, 9.17) is 9.47 Å². The van der Waals surface area contributed by atoms with Crippen LogP contribution in [-0.4, -0.2) is 36.7 Å². The molecule has 0 unspecified atom stereocenters. The summed E-state index contributed by atoms with van der Waals surface area (Å²) in [6.07, 6.45) is 10.7. The van der Waals surface area contributed by atoms with Crippen LogP contribution in [0, 0.1) is 5.92 Å². The van der Waals surface area contributed by atoms with Crippen LogP contribution in [0.3, 0.4) is 0 Å². The van der Waals surface area contributed by atoms with Crippen LogP contribution in [0.15, 0.2) is 21.9 Å². The summed E-state index contributed by atoms with van der Waals surface area (Å²) in [5, 5.41) is 11.5. The fourth-order valence-corrected chi connectivity index (χ4v) is 4.32. The van der Waals surface area contributed by atoms with Crippen molar-refractivity contribution < 1.29 is 14.6 Å². The highest BCUT2D eigenvalue weighted by Gasteiger charge is 2.20. The molecule has 0 saturated heterocycles. The molecule has 1 aliphatic rings. The predicted octanol–water partition coefficient (Wildman–Crippen LogP) is 4.91. The molecule has 6 nitrogen and oxygen atoms in total. The molecule has 1 aromatic carbocycles. The summed E-state index contributed by atoms with van der Waals surface area (Å²) in [6.45, 7) is 3.40. The number of benzene rings is 1. The molecule has 1 saturated carbocycles. The van der Waals surface area contributed by atoms with Gasteiger partial charge in [-0.25, -0.2) is 0 Å². The lowest BCUT2D eigenvalue weighted by Crippen LogP contribution is -2.25. The molecule has 1 heterocycles. The van der Waals surface area contributed by atoms with Gasteiger partial charge in [0.2, 0.25) is 0 Å².